The van der Waals surface area contributed by atoms with Gasteiger partial charge in [0.05, 0.1) is 11.1 Å². The van der Waals surface area contributed by atoms with E-state index in [1.807, 2.05) is 19.9 Å². The third-order valence-electron chi connectivity index (χ3n) is 3.96. The van der Waals surface area contributed by atoms with E-state index in [2.05, 4.69) is 9.97 Å². The molecule has 2 aromatic rings. The van der Waals surface area contributed by atoms with Gasteiger partial charge in [0.15, 0.2) is 0 Å². The van der Waals surface area contributed by atoms with Crippen LogP contribution in [0.25, 0.3) is 11.1 Å². The lowest BCUT2D eigenvalue weighted by Gasteiger charge is -2.27. The van der Waals surface area contributed by atoms with Gasteiger partial charge in [-0.2, -0.15) is 0 Å². The highest BCUT2D eigenvalue weighted by atomic mass is 35.5. The fourth-order valence-electron chi connectivity index (χ4n) is 2.78. The lowest BCUT2D eigenvalue weighted by Crippen LogP contribution is -2.40. The Balaban J connectivity index is 0.00000109. The summed E-state index contributed by atoms with van der Waals surface area (Å²) >= 11 is 6.39. The van der Waals surface area contributed by atoms with Crippen molar-refractivity contribution in [3.05, 3.63) is 40.8 Å². The quantitative estimate of drug-likeness (QED) is 0.851. The number of nitrogens with zero attached hydrogens (tertiary/aromatic N) is 3. The van der Waals surface area contributed by atoms with Crippen LogP contribution in [0.3, 0.4) is 0 Å². The summed E-state index contributed by atoms with van der Waals surface area (Å²) < 4.78 is 0. The van der Waals surface area contributed by atoms with Gasteiger partial charge in [-0.05, 0) is 31.4 Å². The van der Waals surface area contributed by atoms with Crippen molar-refractivity contribution in [3.8, 4) is 11.1 Å². The van der Waals surface area contributed by atoms with Crippen molar-refractivity contribution in [2.75, 3.05) is 11.4 Å². The molecule has 0 fully saturated rings. The maximum absolute atomic E-state index is 11.5. The topological polar surface area (TPSA) is 92.3 Å². The van der Waals surface area contributed by atoms with Crippen molar-refractivity contribution in [1.82, 2.24) is 9.97 Å². The number of amides is 2. The zero-order valence-corrected chi connectivity index (χ0v) is 15.4. The lowest BCUT2D eigenvalue weighted by molar-refractivity contribution is 0.199. The Hall–Kier alpha value is -2.18. The highest BCUT2D eigenvalue weighted by Gasteiger charge is 2.23. The molecule has 0 aliphatic carbocycles. The number of nitrogens with two attached hydrogens (primary N) is 1. The number of hydrogen-bond donors (Lipinski definition) is 2. The fourth-order valence-corrected chi connectivity index (χ4v) is 3.14. The van der Waals surface area contributed by atoms with Crippen LogP contribution in [0.4, 0.5) is 10.6 Å². The van der Waals surface area contributed by atoms with Crippen molar-refractivity contribution < 1.29 is 9.90 Å². The molecule has 2 aromatic heterocycles. The van der Waals surface area contributed by atoms with E-state index in [4.69, 9.17) is 17.3 Å². The van der Waals surface area contributed by atoms with Gasteiger partial charge in [0, 0.05) is 41.8 Å². The minimum Gasteiger partial charge on any atom is -0.389 e. The summed E-state index contributed by atoms with van der Waals surface area (Å²) in [6.45, 7) is 6.22. The second-order valence-electron chi connectivity index (χ2n) is 5.57. The molecule has 2 amide bonds. The van der Waals surface area contributed by atoms with Gasteiger partial charge in [0.1, 0.15) is 5.82 Å². The standard InChI is InChI=1S/C16H17ClN4O2.C2H6/c1-9(22)12-7-19-8-13(14(12)17)11-5-10-3-2-4-21(16(18)23)15(10)20-6-11;1-2/h5-9,22H,2-4H2,1H3,(H2,18,23);1-2H3. The number of rotatable bonds is 2. The molecule has 0 radical (unpaired) electrons. The Morgan fingerprint density at radius 1 is 1.36 bits per heavy atom. The summed E-state index contributed by atoms with van der Waals surface area (Å²) in [4.78, 5) is 21.5. The van der Waals surface area contributed by atoms with Crippen LogP contribution < -0.4 is 10.6 Å². The van der Waals surface area contributed by atoms with E-state index < -0.39 is 12.1 Å². The molecular weight excluding hydrogens is 340 g/mol. The summed E-state index contributed by atoms with van der Waals surface area (Å²) in [6, 6.07) is 1.45. The first-order chi connectivity index (χ1) is 12.0. The van der Waals surface area contributed by atoms with Crippen molar-refractivity contribution in [3.63, 3.8) is 0 Å². The van der Waals surface area contributed by atoms with Crippen LogP contribution >= 0.6 is 11.6 Å². The van der Waals surface area contributed by atoms with E-state index in [0.29, 0.717) is 28.5 Å². The lowest BCUT2D eigenvalue weighted by atomic mass is 10.00. The zero-order valence-electron chi connectivity index (χ0n) is 14.7. The molecule has 0 saturated carbocycles. The summed E-state index contributed by atoms with van der Waals surface area (Å²) in [5.41, 5.74) is 8.42. The van der Waals surface area contributed by atoms with Crippen molar-refractivity contribution in [1.29, 1.82) is 0 Å². The summed E-state index contributed by atoms with van der Waals surface area (Å²) in [6.07, 6.45) is 5.80. The second kappa shape index (κ2) is 8.27. The molecule has 0 saturated heterocycles. The molecule has 3 N–H and O–H groups in total. The third kappa shape index (κ3) is 3.91. The van der Waals surface area contributed by atoms with Crippen LogP contribution in [0.5, 0.6) is 0 Å². The van der Waals surface area contributed by atoms with Gasteiger partial charge in [-0.25, -0.2) is 9.78 Å². The third-order valence-corrected chi connectivity index (χ3v) is 4.38. The molecule has 3 heterocycles. The predicted octanol–water partition coefficient (Wildman–Crippen LogP) is 3.71. The fraction of sp³-hybridized carbons (Fsp3) is 0.389. The number of halogens is 1. The van der Waals surface area contributed by atoms with E-state index in [0.717, 1.165) is 24.0 Å². The minimum atomic E-state index is -0.703. The van der Waals surface area contributed by atoms with Gasteiger partial charge >= 0.3 is 6.03 Å². The first kappa shape index (κ1) is 19.1. The van der Waals surface area contributed by atoms with Crippen LogP contribution in [-0.2, 0) is 6.42 Å². The number of carbonyl (C=O) groups excluding carboxylic acids is 1. The van der Waals surface area contributed by atoms with Crippen molar-refractivity contribution in [2.24, 2.45) is 5.73 Å². The number of aliphatic hydroxyl groups is 1. The van der Waals surface area contributed by atoms with E-state index in [1.54, 1.807) is 25.5 Å². The van der Waals surface area contributed by atoms with Crippen LogP contribution in [0.1, 0.15) is 44.4 Å². The molecule has 7 heteroatoms. The number of urea groups is 1. The van der Waals surface area contributed by atoms with Crippen LogP contribution in [0, 0.1) is 0 Å². The summed E-state index contributed by atoms with van der Waals surface area (Å²) in [5.74, 6) is 0.600. The van der Waals surface area contributed by atoms with Crippen LogP contribution in [0.15, 0.2) is 24.7 Å². The molecule has 134 valence electrons. The van der Waals surface area contributed by atoms with Gasteiger partial charge in [-0.3, -0.25) is 9.88 Å². The molecular formula is C18H23ClN4O2. The van der Waals surface area contributed by atoms with E-state index in [1.165, 1.54) is 4.90 Å². The Morgan fingerprint density at radius 3 is 2.72 bits per heavy atom. The van der Waals surface area contributed by atoms with Gasteiger partial charge in [-0.15, -0.1) is 0 Å². The van der Waals surface area contributed by atoms with Gasteiger partial charge in [0.25, 0.3) is 0 Å². The largest absolute Gasteiger partial charge is 0.389 e. The maximum Gasteiger partial charge on any atom is 0.320 e. The van der Waals surface area contributed by atoms with Crippen LogP contribution in [-0.4, -0.2) is 27.7 Å². The monoisotopic (exact) mass is 362 g/mol. The minimum absolute atomic E-state index is 0.458. The average Bonchev–Trinajstić information content (AvgIpc) is 2.62. The van der Waals surface area contributed by atoms with Crippen molar-refractivity contribution >= 4 is 23.4 Å². The zero-order chi connectivity index (χ0) is 18.6. The highest BCUT2D eigenvalue weighted by molar-refractivity contribution is 6.34. The molecule has 1 aliphatic rings. The number of hydrogen-bond acceptors (Lipinski definition) is 4. The Labute approximate surface area is 152 Å². The number of aryl methyl sites for hydroxylation is 1. The number of primary amides is 1. The Bertz CT molecular complexity index is 765. The van der Waals surface area contributed by atoms with E-state index in [-0.39, 0.29) is 0 Å². The van der Waals surface area contributed by atoms with E-state index >= 15 is 0 Å². The molecule has 1 aliphatic heterocycles. The molecule has 6 nitrogen and oxygen atoms in total. The van der Waals surface area contributed by atoms with Crippen LogP contribution in [0.2, 0.25) is 5.02 Å². The smallest absolute Gasteiger partial charge is 0.320 e. The number of aromatic nitrogens is 2. The predicted molar refractivity (Wildman–Crippen MR) is 99.7 cm³/mol. The first-order valence-corrected chi connectivity index (χ1v) is 8.74. The Kier molecular flexibility index (Phi) is 6.33. The molecule has 0 spiro atoms. The number of anilines is 1. The maximum atomic E-state index is 11.5. The second-order valence-corrected chi connectivity index (χ2v) is 5.94. The molecule has 3 rings (SSSR count). The number of carbonyl (C=O) groups is 1. The van der Waals surface area contributed by atoms with Gasteiger partial charge in [0.2, 0.25) is 0 Å². The molecule has 0 aromatic carbocycles. The van der Waals surface area contributed by atoms with Gasteiger partial charge in [-0.1, -0.05) is 25.4 Å². The van der Waals surface area contributed by atoms with Gasteiger partial charge < -0.3 is 10.8 Å². The number of aliphatic hydroxyl groups excluding tert-OH is 1. The Morgan fingerprint density at radius 2 is 2.08 bits per heavy atom. The SMILES string of the molecule is CC.CC(O)c1cncc(-c2cnc3c(c2)CCCN3C(N)=O)c1Cl. The summed E-state index contributed by atoms with van der Waals surface area (Å²) in [5, 5.41) is 10.2. The van der Waals surface area contributed by atoms with Crippen molar-refractivity contribution in [2.45, 2.75) is 39.7 Å². The average molecular weight is 363 g/mol. The molecule has 1 unspecified atom stereocenters. The molecule has 25 heavy (non-hydrogen) atoms. The molecule has 1 atom stereocenters. The van der Waals surface area contributed by atoms with E-state index in [9.17, 15) is 9.90 Å². The first-order valence-electron chi connectivity index (χ1n) is 8.36. The normalized spacial score (nSPS) is 14.2. The highest BCUT2D eigenvalue weighted by Crippen LogP contribution is 2.35. The molecule has 0 bridgehead atoms. The summed E-state index contributed by atoms with van der Waals surface area (Å²) in [7, 11) is 0. The number of fused-ring (bicyclic) bond motifs is 1. The number of pyridine rings is 2.